The fourth-order valence-corrected chi connectivity index (χ4v) is 3.26. The summed E-state index contributed by atoms with van der Waals surface area (Å²) in [5, 5.41) is 3.38. The summed E-state index contributed by atoms with van der Waals surface area (Å²) < 4.78 is 28.6. The van der Waals surface area contributed by atoms with Gasteiger partial charge in [-0.15, -0.1) is 0 Å². The van der Waals surface area contributed by atoms with Gasteiger partial charge in [0.05, 0.1) is 11.4 Å². The Bertz CT molecular complexity index is 885. The van der Waals surface area contributed by atoms with Crippen molar-refractivity contribution in [3.63, 3.8) is 0 Å². The third-order valence-corrected chi connectivity index (χ3v) is 4.85. The Hall–Kier alpha value is -2.87. The molecule has 5 nitrogen and oxygen atoms in total. The summed E-state index contributed by atoms with van der Waals surface area (Å²) in [5.74, 6) is -0.0516. The van der Waals surface area contributed by atoms with Crippen LogP contribution in [0.3, 0.4) is 0 Å². The van der Waals surface area contributed by atoms with Crippen LogP contribution in [0.25, 0.3) is 5.70 Å². The van der Waals surface area contributed by atoms with Gasteiger partial charge in [0, 0.05) is 24.0 Å². The summed E-state index contributed by atoms with van der Waals surface area (Å²) in [6, 6.07) is 13.4. The van der Waals surface area contributed by atoms with Crippen LogP contribution >= 0.6 is 11.8 Å². The Labute approximate surface area is 159 Å². The summed E-state index contributed by atoms with van der Waals surface area (Å²) in [5.41, 5.74) is 3.09. The van der Waals surface area contributed by atoms with Crippen LogP contribution in [0.4, 0.5) is 20.2 Å². The first-order valence-corrected chi connectivity index (χ1v) is 9.01. The number of nitrogens with one attached hydrogen (secondary N) is 1. The highest BCUT2D eigenvalue weighted by Gasteiger charge is 2.21. The number of hydrogen-bond donors (Lipinski definition) is 1. The molecule has 0 radical (unpaired) electrons. The van der Waals surface area contributed by atoms with Gasteiger partial charge in [0.1, 0.15) is 5.75 Å². The van der Waals surface area contributed by atoms with Gasteiger partial charge in [-0.3, -0.25) is 4.79 Å². The zero-order chi connectivity index (χ0) is 19.4. The third-order valence-electron chi connectivity index (χ3n) is 3.82. The number of benzene rings is 2. The van der Waals surface area contributed by atoms with E-state index in [0.717, 1.165) is 16.9 Å². The minimum absolute atomic E-state index is 0.0349. The molecule has 0 spiro atoms. The van der Waals surface area contributed by atoms with E-state index >= 15 is 0 Å². The number of carbonyl (C=O) groups is 1. The maximum Gasteiger partial charge on any atom is 0.387 e. The number of amides is 1. The molecule has 2 aromatic carbocycles. The van der Waals surface area contributed by atoms with E-state index in [0.29, 0.717) is 10.9 Å². The molecule has 1 N–H and O–H groups in total. The van der Waals surface area contributed by atoms with Gasteiger partial charge in [-0.05, 0) is 30.3 Å². The van der Waals surface area contributed by atoms with Crippen LogP contribution in [-0.4, -0.2) is 35.4 Å². The first kappa shape index (κ1) is 18.9. The molecule has 1 aliphatic heterocycles. The molecule has 0 saturated carbocycles. The minimum Gasteiger partial charge on any atom is -0.435 e. The zero-order valence-corrected chi connectivity index (χ0v) is 15.3. The van der Waals surface area contributed by atoms with Gasteiger partial charge in [0.2, 0.25) is 5.91 Å². The van der Waals surface area contributed by atoms with Crippen LogP contribution < -0.4 is 10.1 Å². The molecule has 1 heterocycles. The molecule has 1 amide bonds. The molecule has 140 valence electrons. The van der Waals surface area contributed by atoms with Crippen LogP contribution in [0.15, 0.2) is 60.1 Å². The SMILES string of the molecule is C=C1c2ccccc2N=C(SCC(=O)Nc2ccc(OC(F)F)cc2)N1C. The molecule has 27 heavy (non-hydrogen) atoms. The Kier molecular flexibility index (Phi) is 5.75. The topological polar surface area (TPSA) is 53.9 Å². The van der Waals surface area contributed by atoms with Gasteiger partial charge >= 0.3 is 6.61 Å². The van der Waals surface area contributed by atoms with Crippen LogP contribution in [0.5, 0.6) is 5.75 Å². The smallest absolute Gasteiger partial charge is 0.387 e. The number of thioether (sulfide) groups is 1. The van der Waals surface area contributed by atoms with Gasteiger partial charge < -0.3 is 15.0 Å². The van der Waals surface area contributed by atoms with E-state index in [9.17, 15) is 13.6 Å². The monoisotopic (exact) mass is 389 g/mol. The fraction of sp³-hybridized carbons (Fsp3) is 0.158. The quantitative estimate of drug-likeness (QED) is 0.814. The number of alkyl halides is 2. The molecule has 0 aromatic heterocycles. The largest absolute Gasteiger partial charge is 0.435 e. The Morgan fingerprint density at radius 3 is 2.67 bits per heavy atom. The van der Waals surface area contributed by atoms with Crippen LogP contribution in [0.2, 0.25) is 0 Å². The number of rotatable bonds is 5. The van der Waals surface area contributed by atoms with Crippen molar-refractivity contribution >= 4 is 39.9 Å². The third kappa shape index (κ3) is 4.65. The Morgan fingerprint density at radius 1 is 1.26 bits per heavy atom. The molecule has 0 unspecified atom stereocenters. The van der Waals surface area contributed by atoms with Crippen molar-refractivity contribution in [2.24, 2.45) is 4.99 Å². The van der Waals surface area contributed by atoms with Crippen LogP contribution in [0.1, 0.15) is 5.56 Å². The zero-order valence-electron chi connectivity index (χ0n) is 14.5. The maximum atomic E-state index is 12.2. The van der Waals surface area contributed by atoms with Crippen molar-refractivity contribution in [2.75, 3.05) is 18.1 Å². The molecule has 2 aromatic rings. The number of halogens is 2. The van der Waals surface area contributed by atoms with Gasteiger partial charge in [0.15, 0.2) is 5.17 Å². The second-order valence-corrected chi connectivity index (χ2v) is 6.60. The van der Waals surface area contributed by atoms with Gasteiger partial charge in [-0.25, -0.2) is 4.99 Å². The van der Waals surface area contributed by atoms with Crippen molar-refractivity contribution in [3.8, 4) is 5.75 Å². The standard InChI is InChI=1S/C19H17F2N3O2S/c1-12-15-5-3-4-6-16(15)23-19(24(12)2)27-11-17(25)22-13-7-9-14(10-8-13)26-18(20)21/h3-10,18H,1,11H2,2H3,(H,22,25). The van der Waals surface area contributed by atoms with E-state index in [1.165, 1.54) is 36.0 Å². The number of amidine groups is 1. The van der Waals surface area contributed by atoms with E-state index < -0.39 is 6.61 Å². The molecule has 0 atom stereocenters. The minimum atomic E-state index is -2.88. The van der Waals surface area contributed by atoms with Crippen molar-refractivity contribution in [2.45, 2.75) is 6.61 Å². The number of anilines is 1. The number of fused-ring (bicyclic) bond motifs is 1. The van der Waals surface area contributed by atoms with Crippen LogP contribution in [-0.2, 0) is 4.79 Å². The number of ether oxygens (including phenoxy) is 1. The summed E-state index contributed by atoms with van der Waals surface area (Å²) in [6.45, 7) is 1.20. The molecular formula is C19H17F2N3O2S. The Morgan fingerprint density at radius 2 is 1.96 bits per heavy atom. The summed E-state index contributed by atoms with van der Waals surface area (Å²) in [6.07, 6.45) is 0. The predicted octanol–water partition coefficient (Wildman–Crippen LogP) is 4.56. The Balaban J connectivity index is 1.59. The fourth-order valence-electron chi connectivity index (χ4n) is 2.47. The summed E-state index contributed by atoms with van der Waals surface area (Å²) in [4.78, 5) is 18.6. The highest BCUT2D eigenvalue weighted by Crippen LogP contribution is 2.34. The summed E-state index contributed by atoms with van der Waals surface area (Å²) >= 11 is 1.29. The van der Waals surface area contributed by atoms with Gasteiger partial charge in [-0.1, -0.05) is 36.5 Å². The molecule has 0 aliphatic carbocycles. The summed E-state index contributed by atoms with van der Waals surface area (Å²) in [7, 11) is 1.85. The number of hydrogen-bond acceptors (Lipinski definition) is 5. The molecule has 0 saturated heterocycles. The molecule has 8 heteroatoms. The van der Waals surface area contributed by atoms with Gasteiger partial charge in [0.25, 0.3) is 0 Å². The van der Waals surface area contributed by atoms with E-state index in [2.05, 4.69) is 21.6 Å². The average molecular weight is 389 g/mol. The maximum absolute atomic E-state index is 12.2. The van der Waals surface area contributed by atoms with Gasteiger partial charge in [-0.2, -0.15) is 8.78 Å². The average Bonchev–Trinajstić information content (AvgIpc) is 2.65. The second-order valence-electron chi connectivity index (χ2n) is 5.66. The first-order valence-electron chi connectivity index (χ1n) is 8.02. The predicted molar refractivity (Wildman–Crippen MR) is 104 cm³/mol. The lowest BCUT2D eigenvalue weighted by atomic mass is 10.1. The highest BCUT2D eigenvalue weighted by molar-refractivity contribution is 8.14. The molecule has 3 rings (SSSR count). The van der Waals surface area contributed by atoms with Crippen molar-refractivity contribution < 1.29 is 18.3 Å². The first-order chi connectivity index (χ1) is 12.9. The normalized spacial score (nSPS) is 13.3. The van der Waals surface area contributed by atoms with Crippen molar-refractivity contribution in [3.05, 3.63) is 60.7 Å². The van der Waals surface area contributed by atoms with Crippen molar-refractivity contribution in [1.29, 1.82) is 0 Å². The lowest BCUT2D eigenvalue weighted by Gasteiger charge is -2.28. The lowest BCUT2D eigenvalue weighted by molar-refractivity contribution is -0.113. The molecule has 0 bridgehead atoms. The second kappa shape index (κ2) is 8.22. The lowest BCUT2D eigenvalue weighted by Crippen LogP contribution is -2.26. The van der Waals surface area contributed by atoms with E-state index in [4.69, 9.17) is 0 Å². The molecular weight excluding hydrogens is 372 g/mol. The number of carbonyl (C=O) groups excluding carboxylic acids is 1. The molecule has 1 aliphatic rings. The number of nitrogens with zero attached hydrogens (tertiary/aromatic N) is 2. The van der Waals surface area contributed by atoms with E-state index in [-0.39, 0.29) is 17.4 Å². The number of para-hydroxylation sites is 1. The van der Waals surface area contributed by atoms with Crippen LogP contribution in [0, 0.1) is 0 Å². The van der Waals surface area contributed by atoms with Crippen molar-refractivity contribution in [1.82, 2.24) is 4.90 Å². The van der Waals surface area contributed by atoms with E-state index in [1.807, 2.05) is 36.2 Å². The number of aliphatic imine (C=N–C) groups is 1. The van der Waals surface area contributed by atoms with E-state index in [1.54, 1.807) is 0 Å². The molecule has 0 fully saturated rings. The highest BCUT2D eigenvalue weighted by atomic mass is 32.2.